The molecule has 0 aromatic heterocycles. The van der Waals surface area contributed by atoms with Gasteiger partial charge in [-0.1, -0.05) is 27.2 Å². The van der Waals surface area contributed by atoms with Crippen LogP contribution in [0.2, 0.25) is 0 Å². The molecule has 0 aliphatic carbocycles. The molecule has 0 aromatic carbocycles. The van der Waals surface area contributed by atoms with Crippen molar-refractivity contribution < 1.29 is 0 Å². The molecule has 0 radical (unpaired) electrons. The highest BCUT2D eigenvalue weighted by Crippen LogP contribution is 2.39. The molecule has 2 rings (SSSR count). The molecule has 2 heterocycles. The fraction of sp³-hybridized carbons (Fsp3) is 1.00. The van der Waals surface area contributed by atoms with Crippen LogP contribution in [0, 0.1) is 0 Å². The van der Waals surface area contributed by atoms with Crippen LogP contribution in [0.1, 0.15) is 65.7 Å². The Labute approximate surface area is 130 Å². The summed E-state index contributed by atoms with van der Waals surface area (Å²) in [5.74, 6) is 0. The first kappa shape index (κ1) is 16.6. The van der Waals surface area contributed by atoms with Crippen LogP contribution in [-0.4, -0.2) is 47.1 Å². The number of nitrogens with zero attached hydrogens (tertiary/aromatic N) is 1. The first-order chi connectivity index (χ1) is 9.68. The summed E-state index contributed by atoms with van der Waals surface area (Å²) in [6.45, 7) is 9.44. The summed E-state index contributed by atoms with van der Waals surface area (Å²) >= 11 is 2.10. The molecule has 0 aromatic rings. The number of rotatable bonds is 7. The lowest BCUT2D eigenvalue weighted by molar-refractivity contribution is 0.0162. The molecule has 0 saturated carbocycles. The highest BCUT2D eigenvalue weighted by molar-refractivity contribution is 8.00. The summed E-state index contributed by atoms with van der Waals surface area (Å²) in [4.78, 5) is 2.90. The Balaban J connectivity index is 2.04. The molecule has 2 unspecified atom stereocenters. The lowest BCUT2D eigenvalue weighted by Crippen LogP contribution is -2.59. The number of thioether (sulfide) groups is 1. The van der Waals surface area contributed by atoms with Gasteiger partial charge in [0.2, 0.25) is 0 Å². The van der Waals surface area contributed by atoms with Crippen LogP contribution in [0.5, 0.6) is 0 Å². The molecule has 2 atom stereocenters. The van der Waals surface area contributed by atoms with Crippen molar-refractivity contribution in [2.24, 2.45) is 0 Å². The lowest BCUT2D eigenvalue weighted by atomic mass is 9.80. The number of hydrogen-bond acceptors (Lipinski definition) is 3. The predicted octanol–water partition coefficient (Wildman–Crippen LogP) is 3.90. The van der Waals surface area contributed by atoms with Crippen LogP contribution in [0.15, 0.2) is 0 Å². The molecule has 2 fully saturated rings. The molecule has 0 spiro atoms. The zero-order valence-electron chi connectivity index (χ0n) is 14.0. The second-order valence-electron chi connectivity index (χ2n) is 6.73. The normalized spacial score (nSPS) is 31.5. The summed E-state index contributed by atoms with van der Waals surface area (Å²) in [7, 11) is 0. The van der Waals surface area contributed by atoms with Crippen LogP contribution in [0.25, 0.3) is 0 Å². The van der Waals surface area contributed by atoms with Crippen LogP contribution in [0.4, 0.5) is 0 Å². The summed E-state index contributed by atoms with van der Waals surface area (Å²) in [5, 5.41) is 3.71. The summed E-state index contributed by atoms with van der Waals surface area (Å²) in [6.07, 6.45) is 12.0. The van der Waals surface area contributed by atoms with Crippen LogP contribution < -0.4 is 5.32 Å². The monoisotopic (exact) mass is 298 g/mol. The number of fused-ring (bicyclic) bond motifs is 2. The fourth-order valence-electron chi connectivity index (χ4n) is 4.35. The van der Waals surface area contributed by atoms with Gasteiger partial charge in [0, 0.05) is 29.4 Å². The maximum atomic E-state index is 3.71. The van der Waals surface area contributed by atoms with Crippen LogP contribution in [-0.2, 0) is 0 Å². The first-order valence-corrected chi connectivity index (χ1v) is 9.94. The van der Waals surface area contributed by atoms with Gasteiger partial charge >= 0.3 is 0 Å². The van der Waals surface area contributed by atoms with Crippen molar-refractivity contribution in [1.82, 2.24) is 10.2 Å². The van der Waals surface area contributed by atoms with E-state index in [1.54, 1.807) is 0 Å². The van der Waals surface area contributed by atoms with Gasteiger partial charge in [0.1, 0.15) is 0 Å². The predicted molar refractivity (Wildman–Crippen MR) is 91.7 cm³/mol. The van der Waals surface area contributed by atoms with Gasteiger partial charge in [-0.3, -0.25) is 4.90 Å². The highest BCUT2D eigenvalue weighted by atomic mass is 32.2. The van der Waals surface area contributed by atoms with E-state index in [9.17, 15) is 0 Å². The minimum atomic E-state index is 0.485. The third-order valence-electron chi connectivity index (χ3n) is 5.81. The molecule has 20 heavy (non-hydrogen) atoms. The van der Waals surface area contributed by atoms with E-state index < -0.39 is 0 Å². The minimum Gasteiger partial charge on any atom is -0.314 e. The molecule has 1 N–H and O–H groups in total. The van der Waals surface area contributed by atoms with Gasteiger partial charge in [0.25, 0.3) is 0 Å². The summed E-state index contributed by atoms with van der Waals surface area (Å²) in [5.41, 5.74) is 0. The SMILES string of the molecule is CCNC1CC2CCCC(C1)N2CC(CC)(CC)SC. The average molecular weight is 299 g/mol. The molecule has 2 aliphatic heterocycles. The van der Waals surface area contributed by atoms with E-state index >= 15 is 0 Å². The fourth-order valence-corrected chi connectivity index (χ4v) is 5.21. The second-order valence-corrected chi connectivity index (χ2v) is 8.01. The highest BCUT2D eigenvalue weighted by Gasteiger charge is 2.41. The van der Waals surface area contributed by atoms with E-state index in [0.29, 0.717) is 4.75 Å². The topological polar surface area (TPSA) is 15.3 Å². The summed E-state index contributed by atoms with van der Waals surface area (Å²) in [6, 6.07) is 2.46. The maximum Gasteiger partial charge on any atom is 0.0279 e. The zero-order valence-corrected chi connectivity index (χ0v) is 14.8. The second kappa shape index (κ2) is 7.51. The van der Waals surface area contributed by atoms with Gasteiger partial charge in [-0.2, -0.15) is 11.8 Å². The number of piperidine rings is 2. The van der Waals surface area contributed by atoms with Crippen molar-refractivity contribution in [3.05, 3.63) is 0 Å². The molecule has 3 heteroatoms. The Bertz CT molecular complexity index is 268. The Morgan fingerprint density at radius 3 is 2.15 bits per heavy atom. The van der Waals surface area contributed by atoms with Gasteiger partial charge < -0.3 is 5.32 Å². The van der Waals surface area contributed by atoms with Crippen LogP contribution in [0.3, 0.4) is 0 Å². The van der Waals surface area contributed by atoms with Crippen molar-refractivity contribution in [1.29, 1.82) is 0 Å². The molecule has 0 amide bonds. The average Bonchev–Trinajstić information content (AvgIpc) is 2.45. The van der Waals surface area contributed by atoms with E-state index in [0.717, 1.165) is 24.7 Å². The van der Waals surface area contributed by atoms with E-state index in [1.807, 2.05) is 0 Å². The van der Waals surface area contributed by atoms with Crippen molar-refractivity contribution in [2.45, 2.75) is 88.6 Å². The molecule has 2 nitrogen and oxygen atoms in total. The third-order valence-corrected chi connectivity index (χ3v) is 7.38. The number of nitrogens with one attached hydrogen (secondary N) is 1. The molecule has 118 valence electrons. The van der Waals surface area contributed by atoms with Crippen molar-refractivity contribution in [2.75, 3.05) is 19.3 Å². The van der Waals surface area contributed by atoms with Gasteiger partial charge in [0.05, 0.1) is 0 Å². The molecule has 2 bridgehead atoms. The van der Waals surface area contributed by atoms with Crippen molar-refractivity contribution >= 4 is 11.8 Å². The summed E-state index contributed by atoms with van der Waals surface area (Å²) < 4.78 is 0.485. The van der Waals surface area contributed by atoms with E-state index in [4.69, 9.17) is 0 Å². The number of hydrogen-bond donors (Lipinski definition) is 1. The molecule has 2 saturated heterocycles. The minimum absolute atomic E-state index is 0.485. The Kier molecular flexibility index (Phi) is 6.25. The Morgan fingerprint density at radius 1 is 1.10 bits per heavy atom. The first-order valence-electron chi connectivity index (χ1n) is 8.72. The quantitative estimate of drug-likeness (QED) is 0.767. The zero-order chi connectivity index (χ0) is 14.6. The molecular formula is C17H34N2S. The van der Waals surface area contributed by atoms with E-state index in [2.05, 4.69) is 49.0 Å². The van der Waals surface area contributed by atoms with Gasteiger partial charge in [0.15, 0.2) is 0 Å². The van der Waals surface area contributed by atoms with Gasteiger partial charge in [-0.15, -0.1) is 0 Å². The van der Waals surface area contributed by atoms with Crippen LogP contribution >= 0.6 is 11.8 Å². The molecule has 2 aliphatic rings. The standard InChI is InChI=1S/C17H34N2S/c1-5-17(6-2,20-4)13-19-15-9-8-10-16(19)12-14(11-15)18-7-3/h14-16,18H,5-13H2,1-4H3. The van der Waals surface area contributed by atoms with Gasteiger partial charge in [-0.25, -0.2) is 0 Å². The Hall–Kier alpha value is 0.270. The Morgan fingerprint density at radius 2 is 1.70 bits per heavy atom. The molecular weight excluding hydrogens is 264 g/mol. The van der Waals surface area contributed by atoms with E-state index in [-0.39, 0.29) is 0 Å². The smallest absolute Gasteiger partial charge is 0.0279 e. The van der Waals surface area contributed by atoms with Crippen molar-refractivity contribution in [3.8, 4) is 0 Å². The maximum absolute atomic E-state index is 3.71. The lowest BCUT2D eigenvalue weighted by Gasteiger charge is -2.52. The van der Waals surface area contributed by atoms with E-state index in [1.165, 1.54) is 51.5 Å². The third kappa shape index (κ3) is 3.53. The largest absolute Gasteiger partial charge is 0.314 e. The van der Waals surface area contributed by atoms with Gasteiger partial charge in [-0.05, 0) is 51.3 Å². The van der Waals surface area contributed by atoms with Crippen molar-refractivity contribution in [3.63, 3.8) is 0 Å².